The maximum atomic E-state index is 4.41. The van der Waals surface area contributed by atoms with Gasteiger partial charge in [0.15, 0.2) is 0 Å². The van der Waals surface area contributed by atoms with Gasteiger partial charge in [0.1, 0.15) is 0 Å². The van der Waals surface area contributed by atoms with Gasteiger partial charge in [0.05, 0.1) is 6.20 Å². The molecule has 2 fully saturated rings. The van der Waals surface area contributed by atoms with Gasteiger partial charge < -0.3 is 0 Å². The summed E-state index contributed by atoms with van der Waals surface area (Å²) < 4.78 is 1.89. The van der Waals surface area contributed by atoms with Gasteiger partial charge in [-0.05, 0) is 44.7 Å². The van der Waals surface area contributed by atoms with Crippen LogP contribution in [0.1, 0.15) is 30.5 Å². The Balaban J connectivity index is 1.72. The number of nitrogens with zero attached hydrogens (tertiary/aromatic N) is 4. The van der Waals surface area contributed by atoms with Crippen molar-refractivity contribution < 1.29 is 0 Å². The molecule has 0 amide bonds. The third-order valence-electron chi connectivity index (χ3n) is 5.25. The second-order valence-corrected chi connectivity index (χ2v) is 7.52. The average molecular weight is 321 g/mol. The molecule has 2 atom stereocenters. The quantitative estimate of drug-likeness (QED) is 0.804. The highest BCUT2D eigenvalue weighted by Crippen LogP contribution is 2.28. The van der Waals surface area contributed by atoms with Crippen LogP contribution in [-0.2, 0) is 6.54 Å². The first-order chi connectivity index (χ1) is 10.7. The van der Waals surface area contributed by atoms with Crippen molar-refractivity contribution >= 4 is 18.0 Å². The molecule has 0 saturated carbocycles. The van der Waals surface area contributed by atoms with Crippen LogP contribution >= 0.6 is 11.8 Å². The van der Waals surface area contributed by atoms with Crippen LogP contribution in [-0.4, -0.2) is 63.3 Å². The zero-order chi connectivity index (χ0) is 15.5. The second-order valence-electron chi connectivity index (χ2n) is 6.54. The number of thioether (sulfide) groups is 1. The Labute approximate surface area is 138 Å². The first-order valence-electron chi connectivity index (χ1n) is 8.35. The van der Waals surface area contributed by atoms with Crippen LogP contribution in [0.4, 0.5) is 0 Å². The molecule has 122 valence electrons. The molecule has 2 saturated heterocycles. The molecule has 0 aromatic carbocycles. The van der Waals surface area contributed by atoms with E-state index in [9.17, 15) is 0 Å². The molecule has 22 heavy (non-hydrogen) atoms. The SMILES string of the molecule is C=Cn1ncc(CN2C[C@@H]3CCCN3C[C@H]2CCSC)c1C. The highest BCUT2D eigenvalue weighted by molar-refractivity contribution is 7.98. The van der Waals surface area contributed by atoms with Crippen molar-refractivity contribution in [1.82, 2.24) is 19.6 Å². The molecule has 0 bridgehead atoms. The van der Waals surface area contributed by atoms with Crippen molar-refractivity contribution in [2.75, 3.05) is 31.6 Å². The summed E-state index contributed by atoms with van der Waals surface area (Å²) in [6, 6.07) is 1.47. The number of hydrogen-bond acceptors (Lipinski definition) is 4. The summed E-state index contributed by atoms with van der Waals surface area (Å²) >= 11 is 1.96. The van der Waals surface area contributed by atoms with Crippen molar-refractivity contribution in [2.45, 2.75) is 44.8 Å². The van der Waals surface area contributed by atoms with E-state index in [4.69, 9.17) is 0 Å². The van der Waals surface area contributed by atoms with Crippen molar-refractivity contribution in [1.29, 1.82) is 0 Å². The van der Waals surface area contributed by atoms with E-state index in [1.807, 2.05) is 22.6 Å². The maximum absolute atomic E-state index is 4.41. The molecule has 0 aliphatic carbocycles. The van der Waals surface area contributed by atoms with Crippen LogP contribution in [0, 0.1) is 6.92 Å². The molecule has 0 radical (unpaired) electrons. The Morgan fingerprint density at radius 3 is 3.05 bits per heavy atom. The highest BCUT2D eigenvalue weighted by atomic mass is 32.2. The topological polar surface area (TPSA) is 24.3 Å². The van der Waals surface area contributed by atoms with Crippen LogP contribution in [0.15, 0.2) is 12.8 Å². The maximum Gasteiger partial charge on any atom is 0.0541 e. The average Bonchev–Trinajstić information content (AvgIpc) is 3.11. The molecule has 5 heteroatoms. The van der Waals surface area contributed by atoms with E-state index in [2.05, 4.69) is 34.7 Å². The summed E-state index contributed by atoms with van der Waals surface area (Å²) in [5, 5.41) is 4.41. The molecule has 3 heterocycles. The smallest absolute Gasteiger partial charge is 0.0541 e. The molecule has 0 spiro atoms. The standard InChI is InChI=1S/C17H28N4S/c1-4-21-14(2)15(10-18-21)11-20-13-16-6-5-8-19(16)12-17(20)7-9-22-3/h4,10,16-17H,1,5-9,11-13H2,2-3H3/t16-,17+/m0/s1. The molecular formula is C17H28N4S. The molecule has 2 aliphatic rings. The lowest BCUT2D eigenvalue weighted by Gasteiger charge is -2.43. The summed E-state index contributed by atoms with van der Waals surface area (Å²) in [6.07, 6.45) is 10.1. The third-order valence-corrected chi connectivity index (χ3v) is 5.90. The van der Waals surface area contributed by atoms with Crippen molar-refractivity contribution in [3.8, 4) is 0 Å². The van der Waals surface area contributed by atoms with E-state index in [1.54, 1.807) is 6.20 Å². The fraction of sp³-hybridized carbons (Fsp3) is 0.706. The number of aromatic nitrogens is 2. The molecule has 4 nitrogen and oxygen atoms in total. The summed E-state index contributed by atoms with van der Waals surface area (Å²) in [5.41, 5.74) is 2.58. The van der Waals surface area contributed by atoms with Gasteiger partial charge in [0.2, 0.25) is 0 Å². The molecule has 0 unspecified atom stereocenters. The van der Waals surface area contributed by atoms with Gasteiger partial charge in [0.25, 0.3) is 0 Å². The third kappa shape index (κ3) is 3.26. The van der Waals surface area contributed by atoms with E-state index in [0.717, 1.165) is 12.6 Å². The molecule has 1 aromatic heterocycles. The van der Waals surface area contributed by atoms with E-state index in [0.29, 0.717) is 6.04 Å². The van der Waals surface area contributed by atoms with Gasteiger partial charge in [-0.2, -0.15) is 16.9 Å². The molecule has 3 rings (SSSR count). The lowest BCUT2D eigenvalue weighted by molar-refractivity contribution is 0.0441. The predicted molar refractivity (Wildman–Crippen MR) is 95.1 cm³/mol. The minimum Gasteiger partial charge on any atom is -0.298 e. The predicted octanol–water partition coefficient (Wildman–Crippen LogP) is 2.69. The Bertz CT molecular complexity index is 513. The Kier molecular flexibility index (Phi) is 5.26. The van der Waals surface area contributed by atoms with Crippen LogP contribution in [0.3, 0.4) is 0 Å². The van der Waals surface area contributed by atoms with Gasteiger partial charge in [-0.3, -0.25) is 9.80 Å². The molecular weight excluding hydrogens is 292 g/mol. The summed E-state index contributed by atoms with van der Waals surface area (Å²) in [4.78, 5) is 5.43. The number of hydrogen-bond donors (Lipinski definition) is 0. The van der Waals surface area contributed by atoms with Crippen LogP contribution in [0.2, 0.25) is 0 Å². The number of piperazine rings is 1. The monoisotopic (exact) mass is 320 g/mol. The highest BCUT2D eigenvalue weighted by Gasteiger charge is 2.36. The van der Waals surface area contributed by atoms with Gasteiger partial charge in [-0.15, -0.1) is 0 Å². The summed E-state index contributed by atoms with van der Waals surface area (Å²) in [6.45, 7) is 10.8. The number of fused-ring (bicyclic) bond motifs is 1. The molecule has 1 aromatic rings. The fourth-order valence-corrected chi connectivity index (χ4v) is 4.39. The van der Waals surface area contributed by atoms with E-state index < -0.39 is 0 Å². The fourth-order valence-electron chi connectivity index (χ4n) is 3.89. The summed E-state index contributed by atoms with van der Waals surface area (Å²) in [5.74, 6) is 1.25. The Morgan fingerprint density at radius 2 is 2.32 bits per heavy atom. The van der Waals surface area contributed by atoms with Crippen molar-refractivity contribution in [3.63, 3.8) is 0 Å². The first kappa shape index (κ1) is 16.1. The number of rotatable bonds is 6. The minimum atomic E-state index is 0.688. The van der Waals surface area contributed by atoms with Gasteiger partial charge in [-0.1, -0.05) is 6.58 Å². The Hall–Kier alpha value is -0.780. The van der Waals surface area contributed by atoms with Crippen molar-refractivity contribution in [3.05, 3.63) is 24.0 Å². The summed E-state index contributed by atoms with van der Waals surface area (Å²) in [7, 11) is 0. The van der Waals surface area contributed by atoms with E-state index in [-0.39, 0.29) is 0 Å². The van der Waals surface area contributed by atoms with Gasteiger partial charge >= 0.3 is 0 Å². The van der Waals surface area contributed by atoms with Crippen LogP contribution in [0.5, 0.6) is 0 Å². The largest absolute Gasteiger partial charge is 0.298 e. The van der Waals surface area contributed by atoms with Crippen LogP contribution < -0.4 is 0 Å². The lowest BCUT2D eigenvalue weighted by atomic mass is 10.0. The molecule has 0 N–H and O–H groups in total. The minimum absolute atomic E-state index is 0.688. The zero-order valence-corrected chi connectivity index (χ0v) is 14.7. The zero-order valence-electron chi connectivity index (χ0n) is 13.9. The normalized spacial score (nSPS) is 26.3. The molecule has 2 aliphatic heterocycles. The van der Waals surface area contributed by atoms with Gasteiger partial charge in [-0.25, -0.2) is 4.68 Å². The second kappa shape index (κ2) is 7.20. The Morgan fingerprint density at radius 1 is 1.45 bits per heavy atom. The van der Waals surface area contributed by atoms with E-state index >= 15 is 0 Å². The lowest BCUT2D eigenvalue weighted by Crippen LogP contribution is -2.55. The van der Waals surface area contributed by atoms with Gasteiger partial charge in [0, 0.05) is 49.2 Å². The van der Waals surface area contributed by atoms with Crippen molar-refractivity contribution in [2.24, 2.45) is 0 Å². The first-order valence-corrected chi connectivity index (χ1v) is 9.75. The van der Waals surface area contributed by atoms with Crippen LogP contribution in [0.25, 0.3) is 6.20 Å². The van der Waals surface area contributed by atoms with E-state index in [1.165, 1.54) is 55.9 Å².